The van der Waals surface area contributed by atoms with Crippen molar-refractivity contribution in [2.24, 2.45) is 0 Å². The summed E-state index contributed by atoms with van der Waals surface area (Å²) in [6.07, 6.45) is 0. The summed E-state index contributed by atoms with van der Waals surface area (Å²) < 4.78 is 13.8. The second kappa shape index (κ2) is 16.2. The minimum Gasteiger partial charge on any atom is -0.454 e. The normalized spacial score (nSPS) is 12.7. The van der Waals surface area contributed by atoms with Gasteiger partial charge in [0.2, 0.25) is 0 Å². The number of hydrogen-bond acceptors (Lipinski definition) is 4. The number of furan rings is 2. The molecule has 0 N–H and O–H groups in total. The fourth-order valence-corrected chi connectivity index (χ4v) is 13.5. The molecule has 0 unspecified atom stereocenters. The minimum atomic E-state index is -1.59. The standard InChI is InChI=1S/C64H60N2O2Si2/c1-39(2)53-37-57(65(41-25-29-43(30-26-41)69(5,6)7)55-21-15-19-49-45-17-11-13-23-59(45)67-63(49)55)51-36-34-48-54(40(3)4)38-58(52-35-33-47(53)61(51)62(48)52)66(42-27-31-44(32-28-42)70(8,9)10)56-22-16-20-50-46-18-12-14-24-60(46)68-64(50)56/h11-40H,1-10H3. The summed E-state index contributed by atoms with van der Waals surface area (Å²) in [5, 5.41) is 14.9. The number of anilines is 6. The Morgan fingerprint density at radius 3 is 1.07 bits per heavy atom. The van der Waals surface area contributed by atoms with Crippen LogP contribution >= 0.6 is 0 Å². The summed E-state index contributed by atoms with van der Waals surface area (Å²) in [6.45, 7) is 23.9. The molecule has 0 aliphatic rings. The van der Waals surface area contributed by atoms with E-state index in [9.17, 15) is 0 Å². The van der Waals surface area contributed by atoms with E-state index in [0.29, 0.717) is 0 Å². The van der Waals surface area contributed by atoms with Crippen LogP contribution in [-0.2, 0) is 0 Å². The lowest BCUT2D eigenvalue weighted by molar-refractivity contribution is 0.668. The molecule has 12 rings (SSSR count). The maximum Gasteiger partial charge on any atom is 0.159 e. The lowest BCUT2D eigenvalue weighted by Gasteiger charge is -2.32. The molecule has 0 atom stereocenters. The Balaban J connectivity index is 1.20. The van der Waals surface area contributed by atoms with Crippen molar-refractivity contribution in [1.29, 1.82) is 0 Å². The predicted octanol–water partition coefficient (Wildman–Crippen LogP) is 18.7. The lowest BCUT2D eigenvalue weighted by Crippen LogP contribution is -2.37. The van der Waals surface area contributed by atoms with Gasteiger partial charge in [0.1, 0.15) is 11.2 Å². The SMILES string of the molecule is CC(C)c1cc(N(c2ccc([Si](C)(C)C)cc2)c2cccc3c2oc2ccccc23)c2ccc3c(C(C)C)cc(N(c4ccc([Si](C)(C)C)cc4)c4cccc5c4oc4ccccc45)c4ccc1c2c34. The van der Waals surface area contributed by atoms with Crippen molar-refractivity contribution in [3.05, 3.63) is 181 Å². The summed E-state index contributed by atoms with van der Waals surface area (Å²) in [4.78, 5) is 4.96. The molecule has 346 valence electrons. The molecule has 0 aliphatic heterocycles. The molecule has 0 amide bonds. The van der Waals surface area contributed by atoms with Gasteiger partial charge in [-0.05, 0) is 105 Å². The highest BCUT2D eigenvalue weighted by Gasteiger charge is 2.29. The van der Waals surface area contributed by atoms with Gasteiger partial charge in [0, 0.05) is 43.7 Å². The molecule has 0 fully saturated rings. The molecule has 0 aliphatic carbocycles. The Kier molecular flexibility index (Phi) is 10.2. The molecular formula is C64H60N2O2Si2. The van der Waals surface area contributed by atoms with E-state index >= 15 is 0 Å². The quantitative estimate of drug-likeness (QED) is 0.101. The Morgan fingerprint density at radius 1 is 0.343 bits per heavy atom. The van der Waals surface area contributed by atoms with Crippen LogP contribution in [0.2, 0.25) is 39.3 Å². The first-order valence-electron chi connectivity index (χ1n) is 25.1. The highest BCUT2D eigenvalue weighted by atomic mass is 28.3. The first kappa shape index (κ1) is 44.1. The van der Waals surface area contributed by atoms with Crippen molar-refractivity contribution < 1.29 is 8.83 Å². The molecule has 0 saturated carbocycles. The average molecular weight is 945 g/mol. The molecule has 0 spiro atoms. The van der Waals surface area contributed by atoms with E-state index < -0.39 is 16.1 Å². The Labute approximate surface area is 413 Å². The molecule has 2 aromatic heterocycles. The number of para-hydroxylation sites is 4. The van der Waals surface area contributed by atoms with E-state index in [1.54, 1.807) is 0 Å². The topological polar surface area (TPSA) is 32.8 Å². The first-order chi connectivity index (χ1) is 33.7. The number of benzene rings is 10. The molecule has 4 nitrogen and oxygen atoms in total. The van der Waals surface area contributed by atoms with Crippen molar-refractivity contribution in [2.75, 3.05) is 9.80 Å². The van der Waals surface area contributed by atoms with Crippen molar-refractivity contribution in [3.8, 4) is 0 Å². The maximum atomic E-state index is 6.89. The molecule has 0 saturated heterocycles. The molecule has 10 aromatic carbocycles. The van der Waals surface area contributed by atoms with Crippen molar-refractivity contribution >= 4 is 137 Å². The van der Waals surface area contributed by atoms with Crippen molar-refractivity contribution in [1.82, 2.24) is 0 Å². The summed E-state index contributed by atoms with van der Waals surface area (Å²) in [5.41, 5.74) is 12.7. The molecular weight excluding hydrogens is 885 g/mol. The van der Waals surface area contributed by atoms with Crippen LogP contribution in [0.3, 0.4) is 0 Å². The smallest absolute Gasteiger partial charge is 0.159 e. The van der Waals surface area contributed by atoms with Gasteiger partial charge in [-0.1, -0.05) is 187 Å². The predicted molar refractivity (Wildman–Crippen MR) is 308 cm³/mol. The van der Waals surface area contributed by atoms with Crippen LogP contribution in [0.5, 0.6) is 0 Å². The van der Waals surface area contributed by atoms with Crippen LogP contribution in [0, 0.1) is 0 Å². The monoisotopic (exact) mass is 944 g/mol. The third kappa shape index (κ3) is 6.98. The van der Waals surface area contributed by atoms with Crippen molar-refractivity contribution in [3.63, 3.8) is 0 Å². The van der Waals surface area contributed by atoms with Gasteiger partial charge in [-0.2, -0.15) is 0 Å². The third-order valence-corrected chi connectivity index (χ3v) is 19.0. The zero-order valence-corrected chi connectivity index (χ0v) is 44.0. The minimum absolute atomic E-state index is 0.248. The zero-order chi connectivity index (χ0) is 48.4. The van der Waals surface area contributed by atoms with Crippen LogP contribution in [0.4, 0.5) is 34.1 Å². The van der Waals surface area contributed by atoms with Gasteiger partial charge in [0.05, 0.1) is 38.9 Å². The molecule has 70 heavy (non-hydrogen) atoms. The highest BCUT2D eigenvalue weighted by Crippen LogP contribution is 2.53. The molecule has 2 heterocycles. The average Bonchev–Trinajstić information content (AvgIpc) is 3.93. The number of rotatable bonds is 10. The number of fused-ring (bicyclic) bond motifs is 6. The Bertz CT molecular complexity index is 3720. The summed E-state index contributed by atoms with van der Waals surface area (Å²) >= 11 is 0. The van der Waals surface area contributed by atoms with E-state index in [-0.39, 0.29) is 11.8 Å². The molecule has 6 heteroatoms. The van der Waals surface area contributed by atoms with E-state index in [0.717, 1.165) is 78.0 Å². The Morgan fingerprint density at radius 2 is 0.700 bits per heavy atom. The fourth-order valence-electron chi connectivity index (χ4n) is 11.2. The Hall–Kier alpha value is -7.13. The van der Waals surface area contributed by atoms with Crippen molar-refractivity contribution in [2.45, 2.75) is 78.8 Å². The maximum absolute atomic E-state index is 6.89. The zero-order valence-electron chi connectivity index (χ0n) is 42.0. The van der Waals surface area contributed by atoms with Gasteiger partial charge in [-0.3, -0.25) is 0 Å². The van der Waals surface area contributed by atoms with Crippen LogP contribution in [0.15, 0.2) is 179 Å². The molecule has 0 radical (unpaired) electrons. The second-order valence-electron chi connectivity index (χ2n) is 22.1. The van der Waals surface area contributed by atoms with Gasteiger partial charge in [0.15, 0.2) is 11.2 Å². The third-order valence-electron chi connectivity index (χ3n) is 14.9. The van der Waals surface area contributed by atoms with E-state index in [4.69, 9.17) is 8.83 Å². The fraction of sp³-hybridized carbons (Fsp3) is 0.188. The lowest BCUT2D eigenvalue weighted by atomic mass is 9.84. The second-order valence-corrected chi connectivity index (χ2v) is 32.3. The molecule has 12 aromatic rings. The summed E-state index contributed by atoms with van der Waals surface area (Å²) in [6, 6.07) is 63.5. The number of hydrogen-bond donors (Lipinski definition) is 0. The van der Waals surface area contributed by atoms with Gasteiger partial charge in [-0.25, -0.2) is 0 Å². The van der Waals surface area contributed by atoms with Gasteiger partial charge in [0.25, 0.3) is 0 Å². The van der Waals surface area contributed by atoms with E-state index in [2.05, 4.69) is 247 Å². The van der Waals surface area contributed by atoms with Crippen LogP contribution in [0.25, 0.3) is 76.2 Å². The van der Waals surface area contributed by atoms with Gasteiger partial charge >= 0.3 is 0 Å². The van der Waals surface area contributed by atoms with Gasteiger partial charge < -0.3 is 18.6 Å². The largest absolute Gasteiger partial charge is 0.454 e. The summed E-state index contributed by atoms with van der Waals surface area (Å²) in [7, 11) is -3.17. The van der Waals surface area contributed by atoms with E-state index in [1.165, 1.54) is 53.8 Å². The van der Waals surface area contributed by atoms with Crippen LogP contribution < -0.4 is 20.2 Å². The van der Waals surface area contributed by atoms with E-state index in [1.807, 2.05) is 0 Å². The van der Waals surface area contributed by atoms with Crippen LogP contribution in [-0.4, -0.2) is 16.1 Å². The van der Waals surface area contributed by atoms with Crippen LogP contribution in [0.1, 0.15) is 50.7 Å². The van der Waals surface area contributed by atoms with Gasteiger partial charge in [-0.15, -0.1) is 0 Å². The highest BCUT2D eigenvalue weighted by molar-refractivity contribution is 6.89. The first-order valence-corrected chi connectivity index (χ1v) is 32.1. The summed E-state index contributed by atoms with van der Waals surface area (Å²) in [5.74, 6) is 0.495. The number of nitrogens with zero attached hydrogens (tertiary/aromatic N) is 2. The molecule has 0 bridgehead atoms.